The molecule has 0 fully saturated rings. The molecule has 6 heteroatoms. The molecule has 0 saturated carbocycles. The molecule has 2 heterocycles. The van der Waals surface area contributed by atoms with Crippen molar-refractivity contribution >= 4 is 22.5 Å². The number of para-hydroxylation sites is 2. The maximum absolute atomic E-state index is 13.6. The molecule has 3 aromatic carbocycles. The van der Waals surface area contributed by atoms with Crippen LogP contribution in [-0.2, 0) is 24.3 Å². The lowest BCUT2D eigenvalue weighted by atomic mass is 9.96. The second kappa shape index (κ2) is 9.00. The Balaban J connectivity index is 1.55. The van der Waals surface area contributed by atoms with Gasteiger partial charge in [0.1, 0.15) is 5.82 Å². The van der Waals surface area contributed by atoms with Crippen LogP contribution >= 0.6 is 0 Å². The second-order valence-corrected chi connectivity index (χ2v) is 8.30. The molecule has 0 unspecified atom stereocenters. The Morgan fingerprint density at radius 3 is 2.42 bits per heavy atom. The normalized spacial score (nSPS) is 15.2. The number of anilines is 1. The zero-order valence-electron chi connectivity index (χ0n) is 18.2. The van der Waals surface area contributed by atoms with Gasteiger partial charge in [0.05, 0.1) is 23.4 Å². The van der Waals surface area contributed by atoms with Crippen molar-refractivity contribution in [3.63, 3.8) is 0 Å². The van der Waals surface area contributed by atoms with Crippen LogP contribution in [-0.4, -0.2) is 27.2 Å². The molecule has 0 aliphatic carbocycles. The molecule has 0 spiro atoms. The molecule has 33 heavy (non-hydrogen) atoms. The smallest absolute Gasteiger partial charge is 0.261 e. The molecule has 0 radical (unpaired) electrons. The number of hydrogen-bond acceptors (Lipinski definition) is 4. The van der Waals surface area contributed by atoms with Gasteiger partial charge in [-0.3, -0.25) is 14.2 Å². The highest BCUT2D eigenvalue weighted by atomic mass is 16.3. The minimum absolute atomic E-state index is 0.0103. The Morgan fingerprint density at radius 1 is 0.879 bits per heavy atom. The Labute approximate surface area is 191 Å². The van der Waals surface area contributed by atoms with Crippen LogP contribution in [0.25, 0.3) is 10.9 Å². The van der Waals surface area contributed by atoms with E-state index in [1.165, 1.54) is 0 Å². The number of carbonyl (C=O) groups excluding carboxylic acids is 1. The van der Waals surface area contributed by atoms with Gasteiger partial charge in [0.2, 0.25) is 5.91 Å². The number of aliphatic hydroxyl groups is 1. The van der Waals surface area contributed by atoms with Gasteiger partial charge in [-0.05, 0) is 35.7 Å². The minimum Gasteiger partial charge on any atom is -0.396 e. The Kier molecular flexibility index (Phi) is 5.75. The van der Waals surface area contributed by atoms with Crippen molar-refractivity contribution in [1.82, 2.24) is 9.55 Å². The SMILES string of the molecule is O=C1[C@@H](Cc2nc3ccccc3c(=O)n2CCCO)c2ccccc2N1Cc1ccccc1. The third kappa shape index (κ3) is 3.94. The first-order valence-electron chi connectivity index (χ1n) is 11.2. The molecular formula is C27H25N3O3. The molecule has 1 aliphatic heterocycles. The largest absolute Gasteiger partial charge is 0.396 e. The molecule has 6 nitrogen and oxygen atoms in total. The van der Waals surface area contributed by atoms with E-state index < -0.39 is 5.92 Å². The van der Waals surface area contributed by atoms with Crippen molar-refractivity contribution in [1.29, 1.82) is 0 Å². The summed E-state index contributed by atoms with van der Waals surface area (Å²) in [6.07, 6.45) is 0.773. The molecule has 1 atom stereocenters. The quantitative estimate of drug-likeness (QED) is 0.477. The number of aromatic nitrogens is 2. The van der Waals surface area contributed by atoms with Crippen LogP contribution < -0.4 is 10.5 Å². The van der Waals surface area contributed by atoms with Gasteiger partial charge in [-0.25, -0.2) is 4.98 Å². The lowest BCUT2D eigenvalue weighted by Gasteiger charge is -2.19. The zero-order chi connectivity index (χ0) is 22.8. The first kappa shape index (κ1) is 21.1. The van der Waals surface area contributed by atoms with E-state index in [0.29, 0.717) is 42.7 Å². The summed E-state index contributed by atoms with van der Waals surface area (Å²) in [6.45, 7) is 0.837. The van der Waals surface area contributed by atoms with Gasteiger partial charge < -0.3 is 10.0 Å². The standard InChI is InChI=1S/C27H25N3O3/c31-16-8-15-29-25(28-23-13-6-4-12-21(23)26(29)32)17-22-20-11-5-7-14-24(20)30(27(22)33)18-19-9-2-1-3-10-19/h1-7,9-14,22,31H,8,15-18H2/t22-/m0/s1. The topological polar surface area (TPSA) is 75.4 Å². The average molecular weight is 440 g/mol. The maximum atomic E-state index is 13.6. The maximum Gasteiger partial charge on any atom is 0.261 e. The first-order chi connectivity index (χ1) is 16.2. The predicted octanol–water partition coefficient (Wildman–Crippen LogP) is 3.65. The van der Waals surface area contributed by atoms with Crippen molar-refractivity contribution in [3.05, 3.63) is 106 Å². The van der Waals surface area contributed by atoms with E-state index in [4.69, 9.17) is 4.98 Å². The summed E-state index contributed by atoms with van der Waals surface area (Å²) in [5, 5.41) is 9.90. The van der Waals surface area contributed by atoms with E-state index in [9.17, 15) is 14.7 Å². The van der Waals surface area contributed by atoms with E-state index >= 15 is 0 Å². The van der Waals surface area contributed by atoms with E-state index in [1.54, 1.807) is 10.6 Å². The Morgan fingerprint density at radius 2 is 1.61 bits per heavy atom. The van der Waals surface area contributed by atoms with Crippen molar-refractivity contribution in [2.45, 2.75) is 31.8 Å². The summed E-state index contributed by atoms with van der Waals surface area (Å²) in [4.78, 5) is 33.4. The summed E-state index contributed by atoms with van der Waals surface area (Å²) in [6, 6.07) is 25.0. The number of benzene rings is 3. The zero-order valence-corrected chi connectivity index (χ0v) is 18.2. The first-order valence-corrected chi connectivity index (χ1v) is 11.2. The van der Waals surface area contributed by atoms with Gasteiger partial charge >= 0.3 is 0 Å². The molecule has 166 valence electrons. The van der Waals surface area contributed by atoms with Gasteiger partial charge in [0.15, 0.2) is 0 Å². The summed E-state index contributed by atoms with van der Waals surface area (Å²) >= 11 is 0. The van der Waals surface area contributed by atoms with Crippen molar-refractivity contribution in [2.24, 2.45) is 0 Å². The van der Waals surface area contributed by atoms with Crippen LogP contribution in [0.4, 0.5) is 5.69 Å². The average Bonchev–Trinajstić information content (AvgIpc) is 3.10. The fraction of sp³-hybridized carbons (Fsp3) is 0.222. The van der Waals surface area contributed by atoms with Crippen molar-refractivity contribution in [2.75, 3.05) is 11.5 Å². The third-order valence-electron chi connectivity index (χ3n) is 6.22. The van der Waals surface area contributed by atoms with E-state index in [2.05, 4.69) is 0 Å². The highest BCUT2D eigenvalue weighted by Gasteiger charge is 2.37. The van der Waals surface area contributed by atoms with Crippen LogP contribution in [0, 0.1) is 0 Å². The molecule has 0 saturated heterocycles. The number of fused-ring (bicyclic) bond motifs is 2. The summed E-state index contributed by atoms with van der Waals surface area (Å²) < 4.78 is 1.62. The fourth-order valence-electron chi connectivity index (χ4n) is 4.61. The lowest BCUT2D eigenvalue weighted by Crippen LogP contribution is -2.31. The summed E-state index contributed by atoms with van der Waals surface area (Å²) in [5.41, 5.74) is 3.41. The summed E-state index contributed by atoms with van der Waals surface area (Å²) in [7, 11) is 0. The number of nitrogens with zero attached hydrogens (tertiary/aromatic N) is 3. The molecule has 1 aliphatic rings. The van der Waals surface area contributed by atoms with E-state index in [0.717, 1.165) is 16.8 Å². The predicted molar refractivity (Wildman–Crippen MR) is 128 cm³/mol. The van der Waals surface area contributed by atoms with Crippen molar-refractivity contribution < 1.29 is 9.90 Å². The fourth-order valence-corrected chi connectivity index (χ4v) is 4.61. The number of hydrogen-bond donors (Lipinski definition) is 1. The Hall–Kier alpha value is -3.77. The van der Waals surface area contributed by atoms with E-state index in [-0.39, 0.29) is 18.1 Å². The molecular weight excluding hydrogens is 414 g/mol. The highest BCUT2D eigenvalue weighted by Crippen LogP contribution is 2.39. The summed E-state index contributed by atoms with van der Waals surface area (Å²) in [5.74, 6) is 0.163. The number of amides is 1. The van der Waals surface area contributed by atoms with Crippen LogP contribution in [0.1, 0.15) is 29.3 Å². The third-order valence-corrected chi connectivity index (χ3v) is 6.22. The lowest BCUT2D eigenvalue weighted by molar-refractivity contribution is -0.119. The van der Waals surface area contributed by atoms with Gasteiger partial charge in [0, 0.05) is 25.3 Å². The molecule has 0 bridgehead atoms. The van der Waals surface area contributed by atoms with Gasteiger partial charge in [-0.2, -0.15) is 0 Å². The number of aliphatic hydroxyl groups excluding tert-OH is 1. The second-order valence-electron chi connectivity index (χ2n) is 8.30. The van der Waals surface area contributed by atoms with Crippen LogP contribution in [0.15, 0.2) is 83.7 Å². The van der Waals surface area contributed by atoms with Crippen molar-refractivity contribution in [3.8, 4) is 0 Å². The molecule has 4 aromatic rings. The minimum atomic E-state index is -0.418. The number of rotatable bonds is 7. The van der Waals surface area contributed by atoms with Gasteiger partial charge in [-0.15, -0.1) is 0 Å². The van der Waals surface area contributed by atoms with Crippen LogP contribution in [0.5, 0.6) is 0 Å². The van der Waals surface area contributed by atoms with Crippen LogP contribution in [0.2, 0.25) is 0 Å². The Bertz CT molecular complexity index is 1360. The molecule has 1 aromatic heterocycles. The highest BCUT2D eigenvalue weighted by molar-refractivity contribution is 6.05. The van der Waals surface area contributed by atoms with E-state index in [1.807, 2.05) is 77.7 Å². The monoisotopic (exact) mass is 439 g/mol. The van der Waals surface area contributed by atoms with Crippen LogP contribution in [0.3, 0.4) is 0 Å². The molecule has 1 amide bonds. The van der Waals surface area contributed by atoms with Gasteiger partial charge in [0.25, 0.3) is 5.56 Å². The number of carbonyl (C=O) groups is 1. The molecule has 1 N–H and O–H groups in total. The molecule has 5 rings (SSSR count). The van der Waals surface area contributed by atoms with Gasteiger partial charge in [-0.1, -0.05) is 60.7 Å².